The molecule has 5 nitrogen and oxygen atoms in total. The van der Waals surface area contributed by atoms with Gasteiger partial charge in [-0.1, -0.05) is 12.1 Å². The third-order valence-corrected chi connectivity index (χ3v) is 4.99. The molecule has 0 unspecified atom stereocenters. The van der Waals surface area contributed by atoms with Crippen LogP contribution in [0.15, 0.2) is 48.5 Å². The van der Waals surface area contributed by atoms with E-state index in [1.807, 2.05) is 13.0 Å². The highest BCUT2D eigenvalue weighted by molar-refractivity contribution is 5.60. The normalized spacial score (nSPS) is 14.2. The Labute approximate surface area is 169 Å². The molecule has 7 heteroatoms. The van der Waals surface area contributed by atoms with E-state index in [0.717, 1.165) is 44.1 Å². The van der Waals surface area contributed by atoms with Gasteiger partial charge in [-0.05, 0) is 43.7 Å². The molecule has 1 saturated heterocycles. The van der Waals surface area contributed by atoms with E-state index in [1.165, 1.54) is 17.3 Å². The van der Waals surface area contributed by atoms with Gasteiger partial charge in [0.25, 0.3) is 0 Å². The summed E-state index contributed by atoms with van der Waals surface area (Å²) in [5, 5.41) is 3.04. The largest absolute Gasteiger partial charge is 0.368 e. The van der Waals surface area contributed by atoms with Crippen molar-refractivity contribution in [1.29, 1.82) is 0 Å². The fourth-order valence-electron chi connectivity index (χ4n) is 3.52. The van der Waals surface area contributed by atoms with E-state index in [0.29, 0.717) is 17.3 Å². The first-order chi connectivity index (χ1) is 14.0. The van der Waals surface area contributed by atoms with Crippen LogP contribution < -0.4 is 15.1 Å². The molecule has 1 aromatic heterocycles. The van der Waals surface area contributed by atoms with Crippen LogP contribution in [-0.4, -0.2) is 36.1 Å². The predicted molar refractivity (Wildman–Crippen MR) is 112 cm³/mol. The Morgan fingerprint density at radius 2 is 1.59 bits per heavy atom. The summed E-state index contributed by atoms with van der Waals surface area (Å²) in [5.41, 5.74) is 2.94. The number of nitrogens with one attached hydrogen (secondary N) is 1. The summed E-state index contributed by atoms with van der Waals surface area (Å²) < 4.78 is 26.6. The van der Waals surface area contributed by atoms with Gasteiger partial charge >= 0.3 is 0 Å². The summed E-state index contributed by atoms with van der Waals surface area (Å²) in [6, 6.07) is 14.1. The summed E-state index contributed by atoms with van der Waals surface area (Å²) >= 11 is 0. The Balaban J connectivity index is 1.47. The number of aromatic nitrogens is 2. The van der Waals surface area contributed by atoms with Crippen LogP contribution in [0, 0.1) is 25.5 Å². The van der Waals surface area contributed by atoms with Gasteiger partial charge in [-0.15, -0.1) is 0 Å². The number of rotatable bonds is 4. The molecule has 0 atom stereocenters. The molecule has 0 aliphatic carbocycles. The molecule has 0 amide bonds. The SMILES string of the molecule is Cc1cccc(N2CCN(c3cc(Nc4ccc(F)c(F)c4)nc(C)n3)CC2)c1. The average molecular weight is 395 g/mol. The van der Waals surface area contributed by atoms with Crippen molar-refractivity contribution in [3.8, 4) is 0 Å². The first-order valence-corrected chi connectivity index (χ1v) is 9.62. The minimum atomic E-state index is -0.895. The number of hydrogen-bond donors (Lipinski definition) is 1. The van der Waals surface area contributed by atoms with Crippen molar-refractivity contribution < 1.29 is 8.78 Å². The van der Waals surface area contributed by atoms with Gasteiger partial charge in [-0.25, -0.2) is 18.7 Å². The molecule has 4 rings (SSSR count). The van der Waals surface area contributed by atoms with Gasteiger partial charge in [0.15, 0.2) is 11.6 Å². The van der Waals surface area contributed by atoms with Crippen molar-refractivity contribution in [1.82, 2.24) is 9.97 Å². The van der Waals surface area contributed by atoms with Gasteiger partial charge in [-0.3, -0.25) is 0 Å². The molecule has 29 heavy (non-hydrogen) atoms. The van der Waals surface area contributed by atoms with E-state index in [4.69, 9.17) is 0 Å². The fraction of sp³-hybridized carbons (Fsp3) is 0.273. The average Bonchev–Trinajstić information content (AvgIpc) is 2.70. The molecule has 1 aliphatic heterocycles. The van der Waals surface area contributed by atoms with Crippen LogP contribution in [-0.2, 0) is 0 Å². The molecule has 0 radical (unpaired) electrons. The smallest absolute Gasteiger partial charge is 0.160 e. The molecule has 1 aliphatic rings. The Morgan fingerprint density at radius 1 is 0.828 bits per heavy atom. The van der Waals surface area contributed by atoms with Crippen LogP contribution in [0.25, 0.3) is 0 Å². The van der Waals surface area contributed by atoms with E-state index in [-0.39, 0.29) is 0 Å². The lowest BCUT2D eigenvalue weighted by atomic mass is 10.2. The second-order valence-electron chi connectivity index (χ2n) is 7.23. The minimum Gasteiger partial charge on any atom is -0.368 e. The van der Waals surface area contributed by atoms with Crippen LogP contribution in [0.1, 0.15) is 11.4 Å². The zero-order valence-corrected chi connectivity index (χ0v) is 16.5. The van der Waals surface area contributed by atoms with Crippen LogP contribution >= 0.6 is 0 Å². The highest BCUT2D eigenvalue weighted by Gasteiger charge is 2.19. The Hall–Kier alpha value is -3.22. The predicted octanol–water partition coefficient (Wildman–Crippen LogP) is 4.44. The maximum atomic E-state index is 13.5. The zero-order chi connectivity index (χ0) is 20.4. The number of aryl methyl sites for hydroxylation is 2. The minimum absolute atomic E-state index is 0.442. The van der Waals surface area contributed by atoms with Crippen molar-refractivity contribution >= 4 is 23.0 Å². The summed E-state index contributed by atoms with van der Waals surface area (Å²) in [5.74, 6) is 0.231. The first kappa shape index (κ1) is 19.1. The maximum Gasteiger partial charge on any atom is 0.160 e. The zero-order valence-electron chi connectivity index (χ0n) is 16.5. The van der Waals surface area contributed by atoms with Gasteiger partial charge in [-0.2, -0.15) is 0 Å². The number of piperazine rings is 1. The van der Waals surface area contributed by atoms with E-state index >= 15 is 0 Å². The van der Waals surface area contributed by atoms with E-state index < -0.39 is 11.6 Å². The fourth-order valence-corrected chi connectivity index (χ4v) is 3.52. The lowest BCUT2D eigenvalue weighted by molar-refractivity contribution is 0.509. The monoisotopic (exact) mass is 395 g/mol. The van der Waals surface area contributed by atoms with Gasteiger partial charge in [0.05, 0.1) is 0 Å². The molecule has 0 bridgehead atoms. The number of halogens is 2. The van der Waals surface area contributed by atoms with Crippen LogP contribution in [0.3, 0.4) is 0 Å². The molecule has 2 heterocycles. The number of benzene rings is 2. The van der Waals surface area contributed by atoms with E-state index in [9.17, 15) is 8.78 Å². The summed E-state index contributed by atoms with van der Waals surface area (Å²) in [6.07, 6.45) is 0. The third kappa shape index (κ3) is 4.45. The number of hydrogen-bond acceptors (Lipinski definition) is 5. The molecule has 1 N–H and O–H groups in total. The lowest BCUT2D eigenvalue weighted by Crippen LogP contribution is -2.47. The lowest BCUT2D eigenvalue weighted by Gasteiger charge is -2.37. The summed E-state index contributed by atoms with van der Waals surface area (Å²) in [6.45, 7) is 7.41. The van der Waals surface area contributed by atoms with Gasteiger partial charge < -0.3 is 15.1 Å². The highest BCUT2D eigenvalue weighted by Crippen LogP contribution is 2.24. The van der Waals surface area contributed by atoms with Crippen molar-refractivity contribution in [2.24, 2.45) is 0 Å². The maximum absolute atomic E-state index is 13.5. The van der Waals surface area contributed by atoms with Crippen molar-refractivity contribution in [3.63, 3.8) is 0 Å². The van der Waals surface area contributed by atoms with Gasteiger partial charge in [0, 0.05) is 49.7 Å². The topological polar surface area (TPSA) is 44.3 Å². The van der Waals surface area contributed by atoms with Gasteiger partial charge in [0.1, 0.15) is 17.5 Å². The molecule has 3 aromatic rings. The molecular formula is C22H23F2N5. The highest BCUT2D eigenvalue weighted by atomic mass is 19.2. The van der Waals surface area contributed by atoms with E-state index in [1.54, 1.807) is 0 Å². The second-order valence-corrected chi connectivity index (χ2v) is 7.23. The first-order valence-electron chi connectivity index (χ1n) is 9.62. The van der Waals surface area contributed by atoms with Crippen molar-refractivity contribution in [3.05, 3.63) is 71.6 Å². The molecule has 150 valence electrons. The van der Waals surface area contributed by atoms with Crippen LogP contribution in [0.5, 0.6) is 0 Å². The number of nitrogens with zero attached hydrogens (tertiary/aromatic N) is 4. The molecule has 1 fully saturated rings. The van der Waals surface area contributed by atoms with E-state index in [2.05, 4.69) is 56.3 Å². The Bertz CT molecular complexity index is 1020. The van der Waals surface area contributed by atoms with Crippen molar-refractivity contribution in [2.45, 2.75) is 13.8 Å². The third-order valence-electron chi connectivity index (χ3n) is 4.99. The quantitative estimate of drug-likeness (QED) is 0.708. The molecule has 2 aromatic carbocycles. The Morgan fingerprint density at radius 3 is 2.31 bits per heavy atom. The molecule has 0 spiro atoms. The molecular weight excluding hydrogens is 372 g/mol. The van der Waals surface area contributed by atoms with Crippen LogP contribution in [0.4, 0.5) is 31.8 Å². The second kappa shape index (κ2) is 8.03. The standard InChI is InChI=1S/C22H23F2N5/c1-15-4-3-5-18(12-15)28-8-10-29(11-9-28)22-14-21(25-16(2)26-22)27-17-6-7-19(23)20(24)13-17/h3-7,12-14H,8-11H2,1-2H3,(H,25,26,27). The van der Waals surface area contributed by atoms with Crippen LogP contribution in [0.2, 0.25) is 0 Å². The summed E-state index contributed by atoms with van der Waals surface area (Å²) in [7, 11) is 0. The molecule has 0 saturated carbocycles. The Kier molecular flexibility index (Phi) is 5.29. The summed E-state index contributed by atoms with van der Waals surface area (Å²) in [4.78, 5) is 13.5. The van der Waals surface area contributed by atoms with Gasteiger partial charge in [0.2, 0.25) is 0 Å². The number of anilines is 4. The van der Waals surface area contributed by atoms with Crippen molar-refractivity contribution in [2.75, 3.05) is 41.3 Å².